The highest BCUT2D eigenvalue weighted by Crippen LogP contribution is 2.28. The molecule has 2 heterocycles. The molecule has 1 saturated heterocycles. The van der Waals surface area contributed by atoms with Crippen LogP contribution < -0.4 is 21.3 Å². The molecular weight excluding hydrogens is 442 g/mol. The molecule has 3 aromatic rings. The van der Waals surface area contributed by atoms with Crippen molar-refractivity contribution < 1.29 is 9.90 Å². The summed E-state index contributed by atoms with van der Waals surface area (Å²) in [6, 6.07) is 12.5. The minimum absolute atomic E-state index is 0.270. The number of nitrogens with zero attached hydrogens (tertiary/aromatic N) is 3. The maximum Gasteiger partial charge on any atom is 0.256 e. The number of aromatic hydroxyl groups is 1. The molecule has 1 amide bonds. The zero-order valence-electron chi connectivity index (χ0n) is 20.9. The van der Waals surface area contributed by atoms with Gasteiger partial charge in [0.2, 0.25) is 0 Å². The van der Waals surface area contributed by atoms with Crippen molar-refractivity contribution >= 4 is 28.9 Å². The van der Waals surface area contributed by atoms with Gasteiger partial charge in [0.1, 0.15) is 17.1 Å². The summed E-state index contributed by atoms with van der Waals surface area (Å²) in [4.78, 5) is 17.1. The van der Waals surface area contributed by atoms with Gasteiger partial charge in [0.05, 0.1) is 0 Å². The number of H-pyrrole nitrogens is 1. The van der Waals surface area contributed by atoms with Crippen LogP contribution in [0.4, 0.5) is 23.0 Å². The minimum Gasteiger partial charge on any atom is -0.507 e. The number of anilines is 4. The molecule has 35 heavy (non-hydrogen) atoms. The third kappa shape index (κ3) is 5.51. The largest absolute Gasteiger partial charge is 0.507 e. The van der Waals surface area contributed by atoms with Crippen molar-refractivity contribution in [2.45, 2.75) is 40.3 Å². The van der Waals surface area contributed by atoms with Gasteiger partial charge in [-0.2, -0.15) is 5.10 Å². The average Bonchev–Trinajstić information content (AvgIpc) is 3.24. The number of hydrogen-bond acceptors (Lipinski definition) is 7. The van der Waals surface area contributed by atoms with E-state index in [0.717, 1.165) is 48.6 Å². The van der Waals surface area contributed by atoms with Crippen LogP contribution in [0.15, 0.2) is 36.4 Å². The number of primary amides is 1. The summed E-state index contributed by atoms with van der Waals surface area (Å²) in [5, 5.41) is 23.5. The topological polar surface area (TPSA) is 123 Å². The number of carbonyl (C=O) groups is 1. The van der Waals surface area contributed by atoms with E-state index in [1.54, 1.807) is 0 Å². The van der Waals surface area contributed by atoms with E-state index < -0.39 is 5.91 Å². The number of carbonyl (C=O) groups excluding carboxylic acids is 1. The highest BCUT2D eigenvalue weighted by atomic mass is 16.3. The van der Waals surface area contributed by atoms with Gasteiger partial charge in [-0.25, -0.2) is 0 Å². The molecule has 186 valence electrons. The number of phenolic OH excluding ortho intramolecular Hbond substituents is 1. The molecule has 2 aromatic carbocycles. The van der Waals surface area contributed by atoms with E-state index in [2.05, 4.69) is 56.6 Å². The van der Waals surface area contributed by atoms with Crippen LogP contribution in [-0.2, 0) is 6.54 Å². The number of aromatic nitrogens is 2. The Morgan fingerprint density at radius 1 is 1.11 bits per heavy atom. The van der Waals surface area contributed by atoms with E-state index in [-0.39, 0.29) is 5.56 Å². The molecule has 4 rings (SSSR count). The van der Waals surface area contributed by atoms with Crippen molar-refractivity contribution in [3.8, 4) is 5.75 Å². The Balaban J connectivity index is 1.43. The summed E-state index contributed by atoms with van der Waals surface area (Å²) in [5.41, 5.74) is 10.5. The molecule has 1 aliphatic heterocycles. The van der Waals surface area contributed by atoms with E-state index in [1.165, 1.54) is 5.69 Å². The van der Waals surface area contributed by atoms with Gasteiger partial charge in [-0.3, -0.25) is 14.8 Å². The first-order valence-electron chi connectivity index (χ1n) is 12.0. The lowest BCUT2D eigenvalue weighted by molar-refractivity contribution is 0.100. The van der Waals surface area contributed by atoms with E-state index in [1.807, 2.05) is 38.1 Å². The minimum atomic E-state index is -0.582. The summed E-state index contributed by atoms with van der Waals surface area (Å²) in [6.07, 6.45) is 0. The van der Waals surface area contributed by atoms with Crippen LogP contribution >= 0.6 is 0 Å². The molecule has 0 unspecified atom stereocenters. The number of phenols is 1. The molecule has 1 aromatic heterocycles. The third-order valence-corrected chi connectivity index (χ3v) is 6.57. The first-order chi connectivity index (χ1) is 16.7. The second-order valence-corrected chi connectivity index (χ2v) is 9.41. The first kappa shape index (κ1) is 24.4. The molecule has 0 bridgehead atoms. The number of nitrogens with one attached hydrogen (secondary N) is 3. The number of amides is 1. The van der Waals surface area contributed by atoms with Crippen molar-refractivity contribution in [2.24, 2.45) is 5.73 Å². The summed E-state index contributed by atoms with van der Waals surface area (Å²) in [5.74, 6) is 0.530. The molecule has 0 atom stereocenters. The van der Waals surface area contributed by atoms with Crippen LogP contribution in [0.3, 0.4) is 0 Å². The van der Waals surface area contributed by atoms with E-state index in [4.69, 9.17) is 5.73 Å². The molecule has 0 saturated carbocycles. The van der Waals surface area contributed by atoms with Gasteiger partial charge >= 0.3 is 0 Å². The number of rotatable bonds is 8. The Morgan fingerprint density at radius 2 is 1.74 bits per heavy atom. The van der Waals surface area contributed by atoms with Crippen molar-refractivity contribution in [1.82, 2.24) is 15.1 Å². The Hall–Kier alpha value is -3.72. The highest BCUT2D eigenvalue weighted by molar-refractivity contribution is 6.03. The van der Waals surface area contributed by atoms with Crippen molar-refractivity contribution in [2.75, 3.05) is 41.7 Å². The SMILES string of the molecule is Cc1cc(CNc2n[nH]c(Nc3ccc(N4CCN(C(C)C)CC4)cc3)c2C(N)=O)cc(C)c1O. The maximum absolute atomic E-state index is 12.2. The van der Waals surface area contributed by atoms with Gasteiger partial charge in [-0.15, -0.1) is 0 Å². The Morgan fingerprint density at radius 3 is 2.31 bits per heavy atom. The average molecular weight is 478 g/mol. The molecule has 9 heteroatoms. The maximum atomic E-state index is 12.2. The predicted molar refractivity (Wildman–Crippen MR) is 141 cm³/mol. The van der Waals surface area contributed by atoms with Crippen LogP contribution in [-0.4, -0.2) is 58.3 Å². The summed E-state index contributed by atoms with van der Waals surface area (Å²) in [6.45, 7) is 12.8. The number of nitrogens with two attached hydrogens (primary N) is 1. The highest BCUT2D eigenvalue weighted by Gasteiger charge is 2.20. The van der Waals surface area contributed by atoms with Crippen LogP contribution in [0.25, 0.3) is 0 Å². The second kappa shape index (κ2) is 10.3. The Bertz CT molecular complexity index is 1160. The number of benzene rings is 2. The van der Waals surface area contributed by atoms with E-state index in [9.17, 15) is 9.90 Å². The van der Waals surface area contributed by atoms with Crippen LogP contribution in [0.5, 0.6) is 5.75 Å². The monoisotopic (exact) mass is 477 g/mol. The second-order valence-electron chi connectivity index (χ2n) is 9.41. The van der Waals surface area contributed by atoms with Crippen LogP contribution in [0.2, 0.25) is 0 Å². The standard InChI is InChI=1S/C26H35N7O2/c1-16(2)32-9-11-33(12-10-32)21-7-5-20(6-8-21)29-26-22(24(27)35)25(30-31-26)28-15-19-13-17(3)23(34)18(4)14-19/h5-8,13-14,16,34H,9-12,15H2,1-4H3,(H2,27,35)(H3,28,29,30,31). The summed E-state index contributed by atoms with van der Waals surface area (Å²) in [7, 11) is 0. The number of hydrogen-bond donors (Lipinski definition) is 5. The molecule has 1 aliphatic rings. The first-order valence-corrected chi connectivity index (χ1v) is 12.0. The van der Waals surface area contributed by atoms with Crippen molar-refractivity contribution in [3.05, 3.63) is 58.7 Å². The molecule has 9 nitrogen and oxygen atoms in total. The number of aromatic amines is 1. The fourth-order valence-corrected chi connectivity index (χ4v) is 4.53. The van der Waals surface area contributed by atoms with Crippen molar-refractivity contribution in [1.29, 1.82) is 0 Å². The normalized spacial score (nSPS) is 14.4. The van der Waals surface area contributed by atoms with Gasteiger partial charge in [0, 0.05) is 50.1 Å². The molecule has 0 aliphatic carbocycles. The molecule has 0 radical (unpaired) electrons. The zero-order valence-corrected chi connectivity index (χ0v) is 20.9. The number of piperazine rings is 1. The van der Waals surface area contributed by atoms with Gasteiger partial charge in [-0.05, 0) is 68.7 Å². The lowest BCUT2D eigenvalue weighted by Crippen LogP contribution is -2.48. The molecule has 6 N–H and O–H groups in total. The van der Waals surface area contributed by atoms with Gasteiger partial charge in [0.15, 0.2) is 5.82 Å². The van der Waals surface area contributed by atoms with E-state index >= 15 is 0 Å². The van der Waals surface area contributed by atoms with Crippen LogP contribution in [0, 0.1) is 13.8 Å². The number of aryl methyl sites for hydroxylation is 2. The quantitative estimate of drug-likeness (QED) is 0.335. The summed E-state index contributed by atoms with van der Waals surface area (Å²) < 4.78 is 0. The fraction of sp³-hybridized carbons (Fsp3) is 0.385. The van der Waals surface area contributed by atoms with Gasteiger partial charge in [0.25, 0.3) is 5.91 Å². The smallest absolute Gasteiger partial charge is 0.256 e. The lowest BCUT2D eigenvalue weighted by atomic mass is 10.1. The predicted octanol–water partition coefficient (Wildman–Crippen LogP) is 3.72. The molecular formula is C26H35N7O2. The van der Waals surface area contributed by atoms with E-state index in [0.29, 0.717) is 30.0 Å². The van der Waals surface area contributed by atoms with Gasteiger partial charge < -0.3 is 26.4 Å². The lowest BCUT2D eigenvalue weighted by Gasteiger charge is -2.38. The molecule has 1 fully saturated rings. The van der Waals surface area contributed by atoms with Gasteiger partial charge in [-0.1, -0.05) is 12.1 Å². The zero-order chi connectivity index (χ0) is 25.1. The molecule has 0 spiro atoms. The van der Waals surface area contributed by atoms with Crippen LogP contribution in [0.1, 0.15) is 40.9 Å². The third-order valence-electron chi connectivity index (χ3n) is 6.57. The fourth-order valence-electron chi connectivity index (χ4n) is 4.53. The summed E-state index contributed by atoms with van der Waals surface area (Å²) >= 11 is 0. The Labute approximate surface area is 206 Å². The van der Waals surface area contributed by atoms with Crippen molar-refractivity contribution in [3.63, 3.8) is 0 Å². The Kier molecular flexibility index (Phi) is 7.16.